The zero-order chi connectivity index (χ0) is 10.1. The molecule has 0 radical (unpaired) electrons. The van der Waals surface area contributed by atoms with Gasteiger partial charge in [-0.3, -0.25) is 4.68 Å². The summed E-state index contributed by atoms with van der Waals surface area (Å²) in [5.41, 5.74) is 0. The Hall–Kier alpha value is -0.510. The average Bonchev–Trinajstić information content (AvgIpc) is 2.73. The van der Waals surface area contributed by atoms with E-state index in [0.29, 0.717) is 6.04 Å². The highest BCUT2D eigenvalue weighted by atomic mass is 79.9. The van der Waals surface area contributed by atoms with Gasteiger partial charge in [0.2, 0.25) is 0 Å². The molecule has 1 aromatic heterocycles. The highest BCUT2D eigenvalue weighted by molar-refractivity contribution is 9.10. The van der Waals surface area contributed by atoms with Crippen molar-refractivity contribution in [2.24, 2.45) is 7.05 Å². The summed E-state index contributed by atoms with van der Waals surface area (Å²) in [7, 11) is 4.16. The minimum atomic E-state index is 0.706. The molecule has 0 bridgehead atoms. The largest absolute Gasteiger partial charge is 0.357 e. The maximum absolute atomic E-state index is 4.30. The molecule has 1 heterocycles. The molecule has 3 nitrogen and oxygen atoms in total. The third-order valence-electron chi connectivity index (χ3n) is 3.06. The number of aromatic nitrogens is 2. The smallest absolute Gasteiger partial charge is 0.130 e. The number of nitrogens with zero attached hydrogens (tertiary/aromatic N) is 3. The van der Waals surface area contributed by atoms with E-state index in [9.17, 15) is 0 Å². The van der Waals surface area contributed by atoms with Gasteiger partial charge in [-0.05, 0) is 28.8 Å². The van der Waals surface area contributed by atoms with E-state index in [-0.39, 0.29) is 0 Å². The first-order valence-corrected chi connectivity index (χ1v) is 5.90. The molecular formula is C10H16BrN3. The lowest BCUT2D eigenvalue weighted by Crippen LogP contribution is -2.30. The van der Waals surface area contributed by atoms with Gasteiger partial charge in [0.1, 0.15) is 10.4 Å². The van der Waals surface area contributed by atoms with E-state index < -0.39 is 0 Å². The predicted octanol–water partition coefficient (Wildman–Crippen LogP) is 2.56. The molecule has 0 saturated heterocycles. The van der Waals surface area contributed by atoms with E-state index in [4.69, 9.17) is 0 Å². The van der Waals surface area contributed by atoms with Crippen LogP contribution in [-0.2, 0) is 7.05 Å². The second-order valence-corrected chi connectivity index (χ2v) is 4.81. The topological polar surface area (TPSA) is 21.1 Å². The van der Waals surface area contributed by atoms with Crippen LogP contribution in [0.25, 0.3) is 0 Å². The van der Waals surface area contributed by atoms with Gasteiger partial charge in [0, 0.05) is 26.2 Å². The zero-order valence-corrected chi connectivity index (χ0v) is 10.3. The van der Waals surface area contributed by atoms with Crippen LogP contribution in [-0.4, -0.2) is 22.9 Å². The second-order valence-electron chi connectivity index (χ2n) is 4.00. The van der Waals surface area contributed by atoms with Crippen molar-refractivity contribution < 1.29 is 0 Å². The van der Waals surface area contributed by atoms with Crippen LogP contribution in [0.1, 0.15) is 25.7 Å². The van der Waals surface area contributed by atoms with E-state index in [1.54, 1.807) is 0 Å². The third-order valence-corrected chi connectivity index (χ3v) is 3.45. The van der Waals surface area contributed by atoms with Gasteiger partial charge < -0.3 is 4.90 Å². The van der Waals surface area contributed by atoms with Crippen LogP contribution in [0.4, 0.5) is 5.82 Å². The molecule has 0 N–H and O–H groups in total. The first kappa shape index (κ1) is 10.0. The molecule has 1 aliphatic carbocycles. The fourth-order valence-corrected chi connectivity index (χ4v) is 2.67. The number of hydrogen-bond acceptors (Lipinski definition) is 2. The Labute approximate surface area is 93.2 Å². The Morgan fingerprint density at radius 1 is 1.50 bits per heavy atom. The van der Waals surface area contributed by atoms with Gasteiger partial charge in [0.15, 0.2) is 0 Å². The summed E-state index contributed by atoms with van der Waals surface area (Å²) in [6.07, 6.45) is 5.38. The molecule has 4 heteroatoms. The van der Waals surface area contributed by atoms with E-state index in [1.165, 1.54) is 31.5 Å². The van der Waals surface area contributed by atoms with Gasteiger partial charge in [-0.2, -0.15) is 5.10 Å². The van der Waals surface area contributed by atoms with Gasteiger partial charge in [-0.15, -0.1) is 0 Å². The molecule has 1 aliphatic rings. The summed E-state index contributed by atoms with van der Waals surface area (Å²) >= 11 is 3.40. The highest BCUT2D eigenvalue weighted by Crippen LogP contribution is 2.27. The molecule has 0 spiro atoms. The summed E-state index contributed by atoms with van der Waals surface area (Å²) in [5.74, 6) is 1.20. The second kappa shape index (κ2) is 3.93. The van der Waals surface area contributed by atoms with Crippen LogP contribution in [0.5, 0.6) is 0 Å². The quantitative estimate of drug-likeness (QED) is 0.812. The zero-order valence-electron chi connectivity index (χ0n) is 8.70. The lowest BCUT2D eigenvalue weighted by atomic mass is 10.2. The van der Waals surface area contributed by atoms with Gasteiger partial charge in [0.25, 0.3) is 0 Å². The molecule has 2 rings (SSSR count). The van der Waals surface area contributed by atoms with Crippen molar-refractivity contribution in [1.29, 1.82) is 0 Å². The average molecular weight is 258 g/mol. The maximum Gasteiger partial charge on any atom is 0.130 e. The highest BCUT2D eigenvalue weighted by Gasteiger charge is 2.21. The molecule has 1 aromatic rings. The number of anilines is 1. The minimum absolute atomic E-state index is 0.706. The van der Waals surface area contributed by atoms with E-state index in [2.05, 4.69) is 39.0 Å². The summed E-state index contributed by atoms with van der Waals surface area (Å²) in [4.78, 5) is 2.35. The summed E-state index contributed by atoms with van der Waals surface area (Å²) in [6, 6.07) is 2.79. The van der Waals surface area contributed by atoms with Crippen molar-refractivity contribution >= 4 is 21.7 Å². The monoisotopic (exact) mass is 257 g/mol. The van der Waals surface area contributed by atoms with E-state index >= 15 is 0 Å². The molecule has 0 aromatic carbocycles. The van der Waals surface area contributed by atoms with Crippen molar-refractivity contribution in [3.05, 3.63) is 10.7 Å². The first-order chi connectivity index (χ1) is 6.68. The van der Waals surface area contributed by atoms with Crippen LogP contribution in [0.3, 0.4) is 0 Å². The van der Waals surface area contributed by atoms with Crippen LogP contribution in [0.2, 0.25) is 0 Å². The molecule has 14 heavy (non-hydrogen) atoms. The molecular weight excluding hydrogens is 242 g/mol. The summed E-state index contributed by atoms with van der Waals surface area (Å²) in [6.45, 7) is 0. The first-order valence-electron chi connectivity index (χ1n) is 5.11. The van der Waals surface area contributed by atoms with E-state index in [0.717, 1.165) is 4.60 Å². The van der Waals surface area contributed by atoms with Gasteiger partial charge in [-0.25, -0.2) is 0 Å². The molecule has 1 fully saturated rings. The Kier molecular flexibility index (Phi) is 2.81. The lowest BCUT2D eigenvalue weighted by molar-refractivity contribution is 0.621. The van der Waals surface area contributed by atoms with Gasteiger partial charge in [0.05, 0.1) is 0 Å². The van der Waals surface area contributed by atoms with Gasteiger partial charge >= 0.3 is 0 Å². The van der Waals surface area contributed by atoms with Crippen LogP contribution in [0, 0.1) is 0 Å². The Morgan fingerprint density at radius 2 is 2.14 bits per heavy atom. The third kappa shape index (κ3) is 1.80. The molecule has 78 valence electrons. The number of aryl methyl sites for hydroxylation is 1. The SMILES string of the molecule is CN(c1cc(Br)nn1C)C1CCCC1. The number of halogens is 1. The molecule has 1 saturated carbocycles. The molecule has 0 aliphatic heterocycles. The predicted molar refractivity (Wildman–Crippen MR) is 61.6 cm³/mol. The van der Waals surface area contributed by atoms with Crippen molar-refractivity contribution in [2.75, 3.05) is 11.9 Å². The number of rotatable bonds is 2. The standard InChI is InChI=1S/C10H16BrN3/c1-13(8-5-3-4-6-8)10-7-9(11)12-14(10)2/h7-8H,3-6H2,1-2H3. The normalized spacial score (nSPS) is 17.6. The van der Waals surface area contributed by atoms with Gasteiger partial charge in [-0.1, -0.05) is 12.8 Å². The summed E-state index contributed by atoms with van der Waals surface area (Å²) < 4.78 is 2.85. The van der Waals surface area contributed by atoms with Crippen LogP contribution >= 0.6 is 15.9 Å². The Morgan fingerprint density at radius 3 is 2.64 bits per heavy atom. The molecule has 0 amide bonds. The van der Waals surface area contributed by atoms with Crippen LogP contribution < -0.4 is 4.90 Å². The fourth-order valence-electron chi connectivity index (χ4n) is 2.23. The summed E-state index contributed by atoms with van der Waals surface area (Å²) in [5, 5.41) is 4.30. The lowest BCUT2D eigenvalue weighted by Gasteiger charge is -2.25. The van der Waals surface area contributed by atoms with Crippen molar-refractivity contribution in [3.8, 4) is 0 Å². The minimum Gasteiger partial charge on any atom is -0.357 e. The van der Waals surface area contributed by atoms with Crippen molar-refractivity contribution in [2.45, 2.75) is 31.7 Å². The van der Waals surface area contributed by atoms with Crippen molar-refractivity contribution in [1.82, 2.24) is 9.78 Å². The molecule has 0 atom stereocenters. The van der Waals surface area contributed by atoms with Crippen LogP contribution in [0.15, 0.2) is 10.7 Å². The maximum atomic E-state index is 4.30. The van der Waals surface area contributed by atoms with Crippen molar-refractivity contribution in [3.63, 3.8) is 0 Å². The van der Waals surface area contributed by atoms with E-state index in [1.807, 2.05) is 11.7 Å². The number of hydrogen-bond donors (Lipinski definition) is 0. The Bertz CT molecular complexity index is 315. The fraction of sp³-hybridized carbons (Fsp3) is 0.700. The molecule has 0 unspecified atom stereocenters. The Balaban J connectivity index is 2.17.